The Morgan fingerprint density at radius 2 is 1.95 bits per heavy atom. The molecule has 0 saturated heterocycles. The molecule has 0 aliphatic heterocycles. The van der Waals surface area contributed by atoms with Gasteiger partial charge < -0.3 is 10.5 Å². The van der Waals surface area contributed by atoms with Crippen molar-refractivity contribution in [2.24, 2.45) is 5.73 Å². The number of aryl methyl sites for hydroxylation is 1. The molecule has 1 unspecified atom stereocenters. The van der Waals surface area contributed by atoms with Crippen LogP contribution in [0.1, 0.15) is 22.7 Å². The van der Waals surface area contributed by atoms with Gasteiger partial charge in [0.25, 0.3) is 0 Å². The fraction of sp³-hybridized carbons (Fsp3) is 0.200. The molecule has 2 aromatic carbocycles. The minimum atomic E-state index is -0.653. The second-order valence-electron chi connectivity index (χ2n) is 4.51. The lowest BCUT2D eigenvalue weighted by Crippen LogP contribution is -2.15. The van der Waals surface area contributed by atoms with E-state index in [1.54, 1.807) is 24.3 Å². The van der Waals surface area contributed by atoms with Gasteiger partial charge in [0.15, 0.2) is 0 Å². The van der Waals surface area contributed by atoms with Gasteiger partial charge in [0.2, 0.25) is 0 Å². The van der Waals surface area contributed by atoms with Gasteiger partial charge in [0.1, 0.15) is 11.6 Å². The van der Waals surface area contributed by atoms with Gasteiger partial charge in [-0.05, 0) is 41.1 Å². The highest BCUT2D eigenvalue weighted by Gasteiger charge is 2.20. The summed E-state index contributed by atoms with van der Waals surface area (Å²) in [5.41, 5.74) is 8.19. The zero-order valence-electron chi connectivity index (χ0n) is 11.1. The van der Waals surface area contributed by atoms with Crippen LogP contribution in [0, 0.1) is 12.7 Å². The molecule has 2 rings (SSSR count). The largest absolute Gasteiger partial charge is 0.495 e. The number of methoxy groups -OCH3 is 1. The van der Waals surface area contributed by atoms with Crippen LogP contribution in [0.2, 0.25) is 5.02 Å². The lowest BCUT2D eigenvalue weighted by molar-refractivity contribution is 0.404. The molecule has 0 aromatic heterocycles. The Kier molecular flexibility index (Phi) is 4.68. The highest BCUT2D eigenvalue weighted by molar-refractivity contribution is 9.10. The monoisotopic (exact) mass is 357 g/mol. The first-order valence-corrected chi connectivity index (χ1v) is 7.15. The third-order valence-corrected chi connectivity index (χ3v) is 3.87. The second kappa shape index (κ2) is 6.12. The normalized spacial score (nSPS) is 12.3. The fourth-order valence-corrected chi connectivity index (χ4v) is 3.09. The number of halogens is 3. The van der Waals surface area contributed by atoms with Crippen molar-refractivity contribution in [3.05, 3.63) is 62.3 Å². The van der Waals surface area contributed by atoms with E-state index in [0.29, 0.717) is 26.4 Å². The van der Waals surface area contributed by atoms with Gasteiger partial charge in [0.05, 0.1) is 17.6 Å². The Labute approximate surface area is 130 Å². The SMILES string of the molecule is COc1c(Br)cc(Cl)cc1C(N)c1cc(C)ccc1F. The van der Waals surface area contributed by atoms with Crippen LogP contribution in [0.15, 0.2) is 34.8 Å². The molecule has 0 aliphatic rings. The van der Waals surface area contributed by atoms with Crippen LogP contribution < -0.4 is 10.5 Å². The van der Waals surface area contributed by atoms with Crippen LogP contribution in [-0.2, 0) is 0 Å². The van der Waals surface area contributed by atoms with Gasteiger partial charge in [-0.1, -0.05) is 29.3 Å². The van der Waals surface area contributed by atoms with Crippen molar-refractivity contribution >= 4 is 27.5 Å². The molecule has 5 heteroatoms. The molecule has 20 heavy (non-hydrogen) atoms. The lowest BCUT2D eigenvalue weighted by Gasteiger charge is -2.18. The van der Waals surface area contributed by atoms with Crippen molar-refractivity contribution in [2.45, 2.75) is 13.0 Å². The van der Waals surface area contributed by atoms with Crippen molar-refractivity contribution in [3.63, 3.8) is 0 Å². The van der Waals surface area contributed by atoms with Gasteiger partial charge in [-0.2, -0.15) is 0 Å². The number of rotatable bonds is 3. The van der Waals surface area contributed by atoms with E-state index in [4.69, 9.17) is 22.1 Å². The number of hydrogen-bond donors (Lipinski definition) is 1. The van der Waals surface area contributed by atoms with Gasteiger partial charge in [-0.15, -0.1) is 0 Å². The van der Waals surface area contributed by atoms with E-state index in [1.165, 1.54) is 13.2 Å². The Morgan fingerprint density at radius 1 is 1.25 bits per heavy atom. The average Bonchev–Trinajstić information content (AvgIpc) is 2.40. The molecule has 0 amide bonds. The molecule has 0 bridgehead atoms. The average molecular weight is 359 g/mol. The van der Waals surface area contributed by atoms with Gasteiger partial charge >= 0.3 is 0 Å². The Hall–Kier alpha value is -1.10. The number of ether oxygens (including phenoxy) is 1. The molecule has 2 aromatic rings. The third kappa shape index (κ3) is 2.97. The summed E-state index contributed by atoms with van der Waals surface area (Å²) in [5.74, 6) is 0.212. The fourth-order valence-electron chi connectivity index (χ4n) is 2.10. The molecule has 0 fully saturated rings. The zero-order chi connectivity index (χ0) is 14.9. The summed E-state index contributed by atoms with van der Waals surface area (Å²) < 4.78 is 20.0. The summed E-state index contributed by atoms with van der Waals surface area (Å²) >= 11 is 9.42. The molecule has 1 atom stereocenters. The first kappa shape index (κ1) is 15.3. The van der Waals surface area contributed by atoms with E-state index < -0.39 is 6.04 Å². The Balaban J connectivity index is 2.58. The van der Waals surface area contributed by atoms with E-state index >= 15 is 0 Å². The molecule has 0 heterocycles. The molecule has 0 saturated carbocycles. The Morgan fingerprint density at radius 3 is 2.60 bits per heavy atom. The molecular formula is C15H14BrClFNO. The minimum absolute atomic E-state index is 0.346. The third-order valence-electron chi connectivity index (χ3n) is 3.06. The predicted octanol–water partition coefficient (Wildman–Crippen LogP) is 4.61. The van der Waals surface area contributed by atoms with Crippen LogP contribution in [-0.4, -0.2) is 7.11 Å². The molecule has 0 radical (unpaired) electrons. The van der Waals surface area contributed by atoms with Gasteiger partial charge in [-0.25, -0.2) is 4.39 Å². The van der Waals surface area contributed by atoms with Crippen LogP contribution >= 0.6 is 27.5 Å². The second-order valence-corrected chi connectivity index (χ2v) is 5.80. The van der Waals surface area contributed by atoms with Crippen molar-refractivity contribution in [1.82, 2.24) is 0 Å². The van der Waals surface area contributed by atoms with Crippen LogP contribution in [0.25, 0.3) is 0 Å². The van der Waals surface area contributed by atoms with Crippen molar-refractivity contribution in [3.8, 4) is 5.75 Å². The van der Waals surface area contributed by atoms with E-state index in [-0.39, 0.29) is 5.82 Å². The maximum Gasteiger partial charge on any atom is 0.138 e. The zero-order valence-corrected chi connectivity index (χ0v) is 13.4. The lowest BCUT2D eigenvalue weighted by atomic mass is 9.97. The number of benzene rings is 2. The number of hydrogen-bond acceptors (Lipinski definition) is 2. The highest BCUT2D eigenvalue weighted by Crippen LogP contribution is 2.37. The van der Waals surface area contributed by atoms with E-state index in [2.05, 4.69) is 15.9 Å². The molecule has 2 N–H and O–H groups in total. The van der Waals surface area contributed by atoms with E-state index in [9.17, 15) is 4.39 Å². The molecule has 0 spiro atoms. The minimum Gasteiger partial charge on any atom is -0.495 e. The molecular weight excluding hydrogens is 345 g/mol. The summed E-state index contributed by atoms with van der Waals surface area (Å²) in [6, 6.07) is 7.60. The smallest absolute Gasteiger partial charge is 0.138 e. The van der Waals surface area contributed by atoms with Crippen LogP contribution in [0.5, 0.6) is 5.75 Å². The van der Waals surface area contributed by atoms with Crippen molar-refractivity contribution in [2.75, 3.05) is 7.11 Å². The maximum atomic E-state index is 14.0. The predicted molar refractivity (Wildman–Crippen MR) is 82.9 cm³/mol. The molecule has 106 valence electrons. The highest BCUT2D eigenvalue weighted by atomic mass is 79.9. The maximum absolute atomic E-state index is 14.0. The topological polar surface area (TPSA) is 35.2 Å². The molecule has 2 nitrogen and oxygen atoms in total. The van der Waals surface area contributed by atoms with Crippen molar-refractivity contribution < 1.29 is 9.13 Å². The summed E-state index contributed by atoms with van der Waals surface area (Å²) in [6.45, 7) is 1.89. The molecule has 0 aliphatic carbocycles. The van der Waals surface area contributed by atoms with Gasteiger partial charge in [-0.3, -0.25) is 0 Å². The Bertz CT molecular complexity index is 648. The summed E-state index contributed by atoms with van der Waals surface area (Å²) in [7, 11) is 1.54. The standard InChI is InChI=1S/C15H14BrClFNO/c1-8-3-4-13(18)10(5-8)14(19)11-6-9(17)7-12(16)15(11)20-2/h3-7,14H,19H2,1-2H3. The quantitative estimate of drug-likeness (QED) is 0.870. The van der Waals surface area contributed by atoms with Crippen LogP contribution in [0.4, 0.5) is 4.39 Å². The van der Waals surface area contributed by atoms with E-state index in [0.717, 1.165) is 5.56 Å². The van der Waals surface area contributed by atoms with E-state index in [1.807, 2.05) is 6.92 Å². The summed E-state index contributed by atoms with van der Waals surface area (Å²) in [5, 5.41) is 0.510. The van der Waals surface area contributed by atoms with Crippen molar-refractivity contribution in [1.29, 1.82) is 0 Å². The first-order chi connectivity index (χ1) is 9.43. The van der Waals surface area contributed by atoms with Crippen LogP contribution in [0.3, 0.4) is 0 Å². The number of nitrogens with two attached hydrogens (primary N) is 1. The summed E-state index contributed by atoms with van der Waals surface area (Å²) in [4.78, 5) is 0. The van der Waals surface area contributed by atoms with Gasteiger partial charge in [0, 0.05) is 16.1 Å². The first-order valence-electron chi connectivity index (χ1n) is 5.98. The summed E-state index contributed by atoms with van der Waals surface area (Å²) in [6.07, 6.45) is 0.